The summed E-state index contributed by atoms with van der Waals surface area (Å²) < 4.78 is 23.1. The number of hydrogen-bond donors (Lipinski definition) is 0. The number of rotatable bonds is 2. The monoisotopic (exact) mass is 404 g/mol. The van der Waals surface area contributed by atoms with Crippen molar-refractivity contribution >= 4 is 44.9 Å². The SMILES string of the molecule is O=C(C1CCCN1C(=O)c1cc(Cl)ccc1Cl)N1CCS(=O)(=O)CC1. The van der Waals surface area contributed by atoms with E-state index in [-0.39, 0.29) is 47.0 Å². The molecule has 1 atom stereocenters. The van der Waals surface area contributed by atoms with Crippen LogP contribution in [0.25, 0.3) is 0 Å². The van der Waals surface area contributed by atoms with Crippen molar-refractivity contribution in [2.75, 3.05) is 31.1 Å². The highest BCUT2D eigenvalue weighted by atomic mass is 35.5. The van der Waals surface area contributed by atoms with E-state index in [2.05, 4.69) is 0 Å². The van der Waals surface area contributed by atoms with Gasteiger partial charge in [0, 0.05) is 24.7 Å². The van der Waals surface area contributed by atoms with Gasteiger partial charge in [0.2, 0.25) is 5.91 Å². The van der Waals surface area contributed by atoms with E-state index in [9.17, 15) is 18.0 Å². The quantitative estimate of drug-likeness (QED) is 0.753. The zero-order valence-electron chi connectivity index (χ0n) is 13.5. The molecule has 2 saturated heterocycles. The summed E-state index contributed by atoms with van der Waals surface area (Å²) in [5.74, 6) is -0.578. The van der Waals surface area contributed by atoms with Crippen LogP contribution in [0.5, 0.6) is 0 Å². The lowest BCUT2D eigenvalue weighted by Gasteiger charge is -2.32. The lowest BCUT2D eigenvalue weighted by molar-refractivity contribution is -0.134. The fourth-order valence-electron chi connectivity index (χ4n) is 3.23. The molecule has 2 aliphatic rings. The topological polar surface area (TPSA) is 74.8 Å². The molecule has 2 aliphatic heterocycles. The maximum Gasteiger partial charge on any atom is 0.256 e. The molecular formula is C16H18Cl2N2O4S. The minimum Gasteiger partial charge on any atom is -0.339 e. The Balaban J connectivity index is 1.77. The number of carbonyl (C=O) groups excluding carboxylic acids is 2. The Labute approximate surface area is 156 Å². The Hall–Kier alpha value is -1.31. The number of sulfone groups is 1. The second kappa shape index (κ2) is 7.13. The molecule has 6 nitrogen and oxygen atoms in total. The third-order valence-corrected chi connectivity index (χ3v) is 6.79. The van der Waals surface area contributed by atoms with Gasteiger partial charge in [-0.2, -0.15) is 0 Å². The molecule has 3 rings (SSSR count). The summed E-state index contributed by atoms with van der Waals surface area (Å²) in [6, 6.07) is 4.07. The predicted molar refractivity (Wildman–Crippen MR) is 95.8 cm³/mol. The largest absolute Gasteiger partial charge is 0.339 e. The van der Waals surface area contributed by atoms with Gasteiger partial charge in [-0.15, -0.1) is 0 Å². The van der Waals surface area contributed by atoms with E-state index in [4.69, 9.17) is 23.2 Å². The summed E-state index contributed by atoms with van der Waals surface area (Å²) >= 11 is 12.1. The minimum atomic E-state index is -3.06. The van der Waals surface area contributed by atoms with E-state index in [1.54, 1.807) is 12.1 Å². The molecule has 0 saturated carbocycles. The van der Waals surface area contributed by atoms with Crippen molar-refractivity contribution in [1.82, 2.24) is 9.80 Å². The van der Waals surface area contributed by atoms with E-state index in [1.165, 1.54) is 15.9 Å². The predicted octanol–water partition coefficient (Wildman–Crippen LogP) is 1.86. The number of hydrogen-bond acceptors (Lipinski definition) is 4. The molecule has 0 radical (unpaired) electrons. The van der Waals surface area contributed by atoms with Crippen LogP contribution in [0.2, 0.25) is 10.0 Å². The van der Waals surface area contributed by atoms with E-state index in [0.29, 0.717) is 24.4 Å². The molecule has 0 bridgehead atoms. The van der Waals surface area contributed by atoms with Crippen molar-refractivity contribution in [2.24, 2.45) is 0 Å². The summed E-state index contributed by atoms with van der Waals surface area (Å²) in [5, 5.41) is 0.688. The molecular weight excluding hydrogens is 387 g/mol. The zero-order chi connectivity index (χ0) is 18.2. The highest BCUT2D eigenvalue weighted by Gasteiger charge is 2.38. The van der Waals surface area contributed by atoms with Crippen LogP contribution in [-0.4, -0.2) is 67.2 Å². The van der Waals surface area contributed by atoms with Crippen molar-refractivity contribution in [3.05, 3.63) is 33.8 Å². The zero-order valence-corrected chi connectivity index (χ0v) is 15.8. The molecule has 9 heteroatoms. The molecule has 136 valence electrons. The lowest BCUT2D eigenvalue weighted by Crippen LogP contribution is -2.52. The Morgan fingerprint density at radius 2 is 1.76 bits per heavy atom. The van der Waals surface area contributed by atoms with Crippen molar-refractivity contribution in [3.8, 4) is 0 Å². The van der Waals surface area contributed by atoms with Crippen LogP contribution in [0.3, 0.4) is 0 Å². The average Bonchev–Trinajstić information content (AvgIpc) is 3.05. The molecule has 2 fully saturated rings. The number of carbonyl (C=O) groups is 2. The second-order valence-corrected chi connectivity index (χ2v) is 9.41. The molecule has 2 amide bonds. The first kappa shape index (κ1) is 18.5. The van der Waals surface area contributed by atoms with E-state index >= 15 is 0 Å². The van der Waals surface area contributed by atoms with Gasteiger partial charge in [-0.3, -0.25) is 9.59 Å². The maximum atomic E-state index is 12.8. The van der Waals surface area contributed by atoms with E-state index in [1.807, 2.05) is 0 Å². The normalized spacial score (nSPS) is 22.9. The highest BCUT2D eigenvalue weighted by molar-refractivity contribution is 7.91. The Morgan fingerprint density at radius 1 is 1.08 bits per heavy atom. The van der Waals surface area contributed by atoms with Crippen LogP contribution in [0.4, 0.5) is 0 Å². The Kier molecular flexibility index (Phi) is 5.27. The smallest absolute Gasteiger partial charge is 0.256 e. The summed E-state index contributed by atoms with van der Waals surface area (Å²) in [7, 11) is -3.06. The van der Waals surface area contributed by atoms with Crippen LogP contribution in [-0.2, 0) is 14.6 Å². The van der Waals surface area contributed by atoms with Crippen molar-refractivity contribution in [3.63, 3.8) is 0 Å². The minimum absolute atomic E-state index is 0.0282. The van der Waals surface area contributed by atoms with Crippen LogP contribution in [0, 0.1) is 0 Å². The van der Waals surface area contributed by atoms with Gasteiger partial charge in [-0.25, -0.2) is 8.42 Å². The van der Waals surface area contributed by atoms with Gasteiger partial charge in [-0.1, -0.05) is 23.2 Å². The summed E-state index contributed by atoms with van der Waals surface area (Å²) in [6.07, 6.45) is 1.28. The maximum absolute atomic E-state index is 12.8. The van der Waals surface area contributed by atoms with Crippen molar-refractivity contribution in [1.29, 1.82) is 0 Å². The number of halogens is 2. The van der Waals surface area contributed by atoms with Gasteiger partial charge in [0.1, 0.15) is 6.04 Å². The number of likely N-dealkylation sites (tertiary alicyclic amines) is 1. The summed E-state index contributed by atoms with van der Waals surface area (Å²) in [6.45, 7) is 0.819. The molecule has 1 unspecified atom stereocenters. The van der Waals surface area contributed by atoms with Gasteiger partial charge in [0.05, 0.1) is 22.1 Å². The third-order valence-electron chi connectivity index (χ3n) is 4.61. The third kappa shape index (κ3) is 3.93. The Morgan fingerprint density at radius 3 is 2.44 bits per heavy atom. The Bertz CT molecular complexity index is 798. The van der Waals surface area contributed by atoms with E-state index < -0.39 is 15.9 Å². The molecule has 0 aromatic heterocycles. The first-order valence-corrected chi connectivity index (χ1v) is 10.6. The summed E-state index contributed by atoms with van der Waals surface area (Å²) in [4.78, 5) is 28.7. The van der Waals surface area contributed by atoms with Crippen LogP contribution in [0.1, 0.15) is 23.2 Å². The van der Waals surface area contributed by atoms with Crippen molar-refractivity contribution < 1.29 is 18.0 Å². The van der Waals surface area contributed by atoms with Gasteiger partial charge in [0.25, 0.3) is 5.91 Å². The molecule has 0 aliphatic carbocycles. The molecule has 1 aromatic carbocycles. The summed E-state index contributed by atoms with van der Waals surface area (Å²) in [5.41, 5.74) is 0.273. The van der Waals surface area contributed by atoms with Gasteiger partial charge in [0.15, 0.2) is 9.84 Å². The molecule has 25 heavy (non-hydrogen) atoms. The number of benzene rings is 1. The van der Waals surface area contributed by atoms with Gasteiger partial charge < -0.3 is 9.80 Å². The first-order valence-electron chi connectivity index (χ1n) is 8.04. The van der Waals surface area contributed by atoms with Crippen LogP contribution in [0.15, 0.2) is 18.2 Å². The average molecular weight is 405 g/mol. The highest BCUT2D eigenvalue weighted by Crippen LogP contribution is 2.27. The lowest BCUT2D eigenvalue weighted by atomic mass is 10.1. The molecule has 0 spiro atoms. The molecule has 0 N–H and O–H groups in total. The fraction of sp³-hybridized carbons (Fsp3) is 0.500. The standard InChI is InChI=1S/C16H18Cl2N2O4S/c17-11-3-4-13(18)12(10-11)15(21)20-5-1-2-14(20)16(22)19-6-8-25(23,24)9-7-19/h3-4,10,14H,1-2,5-9H2. The second-order valence-electron chi connectivity index (χ2n) is 6.26. The van der Waals surface area contributed by atoms with Gasteiger partial charge in [-0.05, 0) is 31.0 Å². The fourth-order valence-corrected chi connectivity index (χ4v) is 4.80. The van der Waals surface area contributed by atoms with Gasteiger partial charge >= 0.3 is 0 Å². The number of amides is 2. The van der Waals surface area contributed by atoms with Crippen LogP contribution < -0.4 is 0 Å². The van der Waals surface area contributed by atoms with Crippen molar-refractivity contribution in [2.45, 2.75) is 18.9 Å². The number of nitrogens with zero attached hydrogens (tertiary/aromatic N) is 2. The first-order chi connectivity index (χ1) is 11.8. The van der Waals surface area contributed by atoms with Crippen LogP contribution >= 0.6 is 23.2 Å². The van der Waals surface area contributed by atoms with E-state index in [0.717, 1.165) is 0 Å². The molecule has 1 aromatic rings. The molecule has 2 heterocycles.